The summed E-state index contributed by atoms with van der Waals surface area (Å²) in [5.41, 5.74) is 5.46. The van der Waals surface area contributed by atoms with Crippen LogP contribution in [0.25, 0.3) is 11.1 Å². The molecule has 0 aliphatic rings. The van der Waals surface area contributed by atoms with Crippen molar-refractivity contribution in [2.45, 2.75) is 0 Å². The van der Waals surface area contributed by atoms with E-state index in [1.165, 1.54) is 0 Å². The minimum absolute atomic E-state index is 0.0236. The first-order valence-electron chi connectivity index (χ1n) is 6.32. The number of rotatable bonds is 4. The maximum atomic E-state index is 11.9. The molecule has 0 bridgehead atoms. The summed E-state index contributed by atoms with van der Waals surface area (Å²) in [5.74, 6) is 0.348. The number of hydrogen-bond donors (Lipinski definition) is 3. The molecule has 4 N–H and O–H groups in total. The van der Waals surface area contributed by atoms with Crippen LogP contribution in [0.4, 0.5) is 5.82 Å². The number of nitrogens with zero attached hydrogens (tertiary/aromatic N) is 2. The van der Waals surface area contributed by atoms with E-state index in [-0.39, 0.29) is 35.7 Å². The highest BCUT2D eigenvalue weighted by molar-refractivity contribution is 5.80. The number of nitrogens with one attached hydrogen (secondary N) is 1. The zero-order chi connectivity index (χ0) is 16.1. The molecular weight excluding hydrogens is 284 g/mol. The highest BCUT2D eigenvalue weighted by atomic mass is 16.5. The summed E-state index contributed by atoms with van der Waals surface area (Å²) >= 11 is 0. The second kappa shape index (κ2) is 6.44. The molecule has 0 unspecified atom stereocenters. The Morgan fingerprint density at radius 3 is 2.64 bits per heavy atom. The summed E-state index contributed by atoms with van der Waals surface area (Å²) in [6, 6.07) is 10.2. The minimum atomic E-state index is -0.657. The average molecular weight is 296 g/mol. The van der Waals surface area contributed by atoms with Crippen LogP contribution in [0, 0.1) is 22.7 Å². The minimum Gasteiger partial charge on any atom is -0.491 e. The number of nitriles is 2. The van der Waals surface area contributed by atoms with E-state index in [4.69, 9.17) is 15.6 Å². The number of nitrogen functional groups attached to an aromatic ring is 1. The van der Waals surface area contributed by atoms with Gasteiger partial charge in [-0.05, 0) is 17.7 Å². The Labute approximate surface area is 125 Å². The highest BCUT2D eigenvalue weighted by Gasteiger charge is 2.18. The fraction of sp³-hybridized carbons (Fsp3) is 0.133. The largest absolute Gasteiger partial charge is 0.491 e. The number of benzene rings is 1. The lowest BCUT2D eigenvalue weighted by molar-refractivity contribution is 0.201. The molecule has 0 saturated heterocycles. The summed E-state index contributed by atoms with van der Waals surface area (Å²) in [5, 5.41) is 27.2. The highest BCUT2D eigenvalue weighted by Crippen LogP contribution is 2.30. The van der Waals surface area contributed by atoms with Gasteiger partial charge in [0.2, 0.25) is 0 Å². The number of aliphatic hydroxyl groups excluding tert-OH is 1. The van der Waals surface area contributed by atoms with E-state index < -0.39 is 5.56 Å². The molecule has 0 saturated carbocycles. The van der Waals surface area contributed by atoms with Crippen LogP contribution in [0.5, 0.6) is 5.75 Å². The first-order chi connectivity index (χ1) is 10.6. The Hall–Kier alpha value is -3.29. The maximum absolute atomic E-state index is 11.9. The molecule has 2 aromatic rings. The summed E-state index contributed by atoms with van der Waals surface area (Å²) < 4.78 is 5.29. The number of H-pyrrole nitrogens is 1. The predicted molar refractivity (Wildman–Crippen MR) is 78.9 cm³/mol. The van der Waals surface area contributed by atoms with Gasteiger partial charge in [0.1, 0.15) is 41.4 Å². The van der Waals surface area contributed by atoms with E-state index in [1.54, 1.807) is 30.3 Å². The first-order valence-corrected chi connectivity index (χ1v) is 6.32. The lowest BCUT2D eigenvalue weighted by atomic mass is 9.96. The smallest absolute Gasteiger partial charge is 0.268 e. The number of aromatic nitrogens is 1. The maximum Gasteiger partial charge on any atom is 0.268 e. The fourth-order valence-corrected chi connectivity index (χ4v) is 2.04. The van der Waals surface area contributed by atoms with E-state index in [0.717, 1.165) is 0 Å². The van der Waals surface area contributed by atoms with E-state index in [0.29, 0.717) is 11.3 Å². The summed E-state index contributed by atoms with van der Waals surface area (Å²) in [7, 11) is 0. The Balaban J connectivity index is 2.70. The van der Waals surface area contributed by atoms with E-state index in [9.17, 15) is 15.3 Å². The molecule has 0 spiro atoms. The van der Waals surface area contributed by atoms with Gasteiger partial charge in [-0.2, -0.15) is 10.5 Å². The molecule has 110 valence electrons. The zero-order valence-corrected chi connectivity index (χ0v) is 11.5. The van der Waals surface area contributed by atoms with Crippen molar-refractivity contribution >= 4 is 5.82 Å². The van der Waals surface area contributed by atoms with Gasteiger partial charge in [0.15, 0.2) is 0 Å². The van der Waals surface area contributed by atoms with Gasteiger partial charge in [0.05, 0.1) is 6.61 Å². The van der Waals surface area contributed by atoms with Crippen LogP contribution in [0.15, 0.2) is 29.1 Å². The number of anilines is 1. The molecule has 0 aliphatic heterocycles. The molecule has 1 aromatic carbocycles. The van der Waals surface area contributed by atoms with E-state index in [1.807, 2.05) is 6.07 Å². The predicted octanol–water partition coefficient (Wildman–Crippen LogP) is 0.739. The third-order valence-electron chi connectivity index (χ3n) is 2.95. The number of aromatic amines is 1. The molecule has 0 fully saturated rings. The van der Waals surface area contributed by atoms with Crippen molar-refractivity contribution in [1.29, 1.82) is 10.5 Å². The number of nitrogens with two attached hydrogens (primary N) is 1. The molecule has 2 rings (SSSR count). The van der Waals surface area contributed by atoms with Crippen molar-refractivity contribution in [3.63, 3.8) is 0 Å². The summed E-state index contributed by atoms with van der Waals surface area (Å²) in [6.07, 6.45) is 0. The second-order valence-corrected chi connectivity index (χ2v) is 4.32. The number of pyridine rings is 1. The van der Waals surface area contributed by atoms with Gasteiger partial charge in [-0.25, -0.2) is 0 Å². The molecule has 0 radical (unpaired) electrons. The number of ether oxygens (including phenoxy) is 1. The Bertz CT molecular complexity index is 843. The van der Waals surface area contributed by atoms with Gasteiger partial charge in [0.25, 0.3) is 5.56 Å². The van der Waals surface area contributed by atoms with E-state index in [2.05, 4.69) is 4.98 Å². The summed E-state index contributed by atoms with van der Waals surface area (Å²) in [4.78, 5) is 14.1. The van der Waals surface area contributed by atoms with Crippen molar-refractivity contribution in [2.24, 2.45) is 0 Å². The number of hydrogen-bond acceptors (Lipinski definition) is 6. The molecule has 7 nitrogen and oxygen atoms in total. The normalized spacial score (nSPS) is 9.77. The SMILES string of the molecule is N#Cc1c(N)[nH]c(=O)c(C#N)c1-c1cccc(OCCO)c1. The van der Waals surface area contributed by atoms with Crippen LogP contribution in [-0.4, -0.2) is 23.3 Å². The van der Waals surface area contributed by atoms with Crippen molar-refractivity contribution < 1.29 is 9.84 Å². The van der Waals surface area contributed by atoms with Crippen LogP contribution in [-0.2, 0) is 0 Å². The molecule has 0 atom stereocenters. The fourth-order valence-electron chi connectivity index (χ4n) is 2.04. The van der Waals surface area contributed by atoms with Crippen LogP contribution in [0.2, 0.25) is 0 Å². The third kappa shape index (κ3) is 2.75. The lowest BCUT2D eigenvalue weighted by Gasteiger charge is -2.10. The third-order valence-corrected chi connectivity index (χ3v) is 2.95. The average Bonchev–Trinajstić information content (AvgIpc) is 2.52. The molecule has 1 aromatic heterocycles. The number of aliphatic hydroxyl groups is 1. The van der Waals surface area contributed by atoms with Crippen LogP contribution in [0.3, 0.4) is 0 Å². The van der Waals surface area contributed by atoms with Crippen molar-refractivity contribution in [1.82, 2.24) is 4.98 Å². The summed E-state index contributed by atoms with van der Waals surface area (Å²) in [6.45, 7) is -0.0355. The monoisotopic (exact) mass is 296 g/mol. The molecule has 0 amide bonds. The Kier molecular flexibility index (Phi) is 4.42. The molecular formula is C15H12N4O3. The van der Waals surface area contributed by atoms with Crippen molar-refractivity contribution in [3.05, 3.63) is 45.7 Å². The van der Waals surface area contributed by atoms with Crippen molar-refractivity contribution in [3.8, 4) is 29.0 Å². The van der Waals surface area contributed by atoms with Crippen molar-refractivity contribution in [2.75, 3.05) is 18.9 Å². The Morgan fingerprint density at radius 2 is 2.00 bits per heavy atom. The Morgan fingerprint density at radius 1 is 1.27 bits per heavy atom. The lowest BCUT2D eigenvalue weighted by Crippen LogP contribution is -2.16. The van der Waals surface area contributed by atoms with Crippen LogP contribution in [0.1, 0.15) is 11.1 Å². The van der Waals surface area contributed by atoms with Gasteiger partial charge in [-0.3, -0.25) is 4.79 Å². The van der Waals surface area contributed by atoms with Gasteiger partial charge >= 0.3 is 0 Å². The standard InChI is InChI=1S/C15H12N4O3/c16-7-11-13(12(8-17)15(21)19-14(11)18)9-2-1-3-10(6-9)22-5-4-20/h1-3,6,20H,4-5H2,(H3,18,19,21). The van der Waals surface area contributed by atoms with Crippen LogP contribution >= 0.6 is 0 Å². The zero-order valence-electron chi connectivity index (χ0n) is 11.5. The van der Waals surface area contributed by atoms with Gasteiger partial charge in [-0.1, -0.05) is 12.1 Å². The van der Waals surface area contributed by atoms with Gasteiger partial charge in [-0.15, -0.1) is 0 Å². The second-order valence-electron chi connectivity index (χ2n) is 4.32. The van der Waals surface area contributed by atoms with Gasteiger partial charge in [0, 0.05) is 5.56 Å². The quantitative estimate of drug-likeness (QED) is 0.761. The molecule has 7 heteroatoms. The topological polar surface area (TPSA) is 136 Å². The van der Waals surface area contributed by atoms with Crippen LogP contribution < -0.4 is 16.0 Å². The first kappa shape index (κ1) is 15.1. The molecule has 1 heterocycles. The molecule has 22 heavy (non-hydrogen) atoms. The van der Waals surface area contributed by atoms with Gasteiger partial charge < -0.3 is 20.6 Å². The molecule has 0 aliphatic carbocycles. The van der Waals surface area contributed by atoms with E-state index >= 15 is 0 Å².